The molecule has 142 valence electrons. The Kier molecular flexibility index (Phi) is 9.91. The maximum absolute atomic E-state index is 11.8. The molecule has 0 bridgehead atoms. The van der Waals surface area contributed by atoms with Crippen molar-refractivity contribution in [3.63, 3.8) is 0 Å². The first-order valence-electron chi connectivity index (χ1n) is 8.16. The molecule has 0 unspecified atom stereocenters. The predicted molar refractivity (Wildman–Crippen MR) is 91.3 cm³/mol. The lowest BCUT2D eigenvalue weighted by Gasteiger charge is -2.19. The van der Waals surface area contributed by atoms with E-state index in [0.717, 1.165) is 6.42 Å². The number of rotatable bonds is 11. The van der Waals surface area contributed by atoms with Crippen molar-refractivity contribution in [2.75, 3.05) is 12.3 Å². The summed E-state index contributed by atoms with van der Waals surface area (Å²) in [6, 6.07) is -1.15. The van der Waals surface area contributed by atoms with E-state index in [1.165, 1.54) is 0 Å². The van der Waals surface area contributed by atoms with Crippen molar-refractivity contribution in [1.29, 1.82) is 0 Å². The lowest BCUT2D eigenvalue weighted by molar-refractivity contribution is -0.139. The van der Waals surface area contributed by atoms with Crippen LogP contribution in [0.25, 0.3) is 0 Å². The number of sulfonamides is 1. The highest BCUT2D eigenvalue weighted by atomic mass is 32.2. The summed E-state index contributed by atoms with van der Waals surface area (Å²) in [5, 5.41) is 11.7. The molecule has 1 atom stereocenters. The smallest absolute Gasteiger partial charge is 0.407 e. The number of carbonyl (C=O) groups excluding carboxylic acids is 1. The van der Waals surface area contributed by atoms with Crippen LogP contribution in [-0.4, -0.2) is 49.5 Å². The van der Waals surface area contributed by atoms with Crippen LogP contribution in [0.3, 0.4) is 0 Å². The highest BCUT2D eigenvalue weighted by Gasteiger charge is 2.23. The summed E-state index contributed by atoms with van der Waals surface area (Å²) in [4.78, 5) is 22.6. The summed E-state index contributed by atoms with van der Waals surface area (Å²) in [7, 11) is -3.59. The number of hydrogen-bond donors (Lipinski definition) is 3. The number of carboxylic acids is 1. The van der Waals surface area contributed by atoms with Crippen molar-refractivity contribution >= 4 is 22.1 Å². The highest BCUT2D eigenvalue weighted by Crippen LogP contribution is 2.07. The summed E-state index contributed by atoms with van der Waals surface area (Å²) in [6.45, 7) is 7.48. The van der Waals surface area contributed by atoms with E-state index in [2.05, 4.69) is 10.0 Å². The molecule has 9 heteroatoms. The SMILES string of the molecule is CCCCS(=O)(=O)N[C@@H](CCCCNC(=O)OC(C)(C)C)C(=O)O. The van der Waals surface area contributed by atoms with Crippen molar-refractivity contribution < 1.29 is 27.9 Å². The van der Waals surface area contributed by atoms with Crippen LogP contribution < -0.4 is 10.0 Å². The fourth-order valence-electron chi connectivity index (χ4n) is 1.82. The van der Waals surface area contributed by atoms with Gasteiger partial charge in [-0.05, 0) is 46.5 Å². The van der Waals surface area contributed by atoms with Crippen LogP contribution in [0, 0.1) is 0 Å². The molecule has 0 saturated heterocycles. The minimum atomic E-state index is -3.59. The number of alkyl carbamates (subject to hydrolysis) is 1. The van der Waals surface area contributed by atoms with Crippen LogP contribution >= 0.6 is 0 Å². The third-order valence-corrected chi connectivity index (χ3v) is 4.44. The van der Waals surface area contributed by atoms with Crippen LogP contribution in [0.2, 0.25) is 0 Å². The molecule has 0 aromatic rings. The first-order chi connectivity index (χ1) is 11.0. The van der Waals surface area contributed by atoms with Gasteiger partial charge in [-0.2, -0.15) is 0 Å². The van der Waals surface area contributed by atoms with Gasteiger partial charge in [0.2, 0.25) is 10.0 Å². The minimum Gasteiger partial charge on any atom is -0.480 e. The quantitative estimate of drug-likeness (QED) is 0.480. The van der Waals surface area contributed by atoms with Gasteiger partial charge < -0.3 is 15.2 Å². The third-order valence-electron chi connectivity index (χ3n) is 2.97. The molecule has 0 spiro atoms. The molecule has 0 fully saturated rings. The maximum atomic E-state index is 11.8. The topological polar surface area (TPSA) is 122 Å². The molecule has 0 aromatic heterocycles. The number of amides is 1. The average molecular weight is 366 g/mol. The summed E-state index contributed by atoms with van der Waals surface area (Å²) in [5.74, 6) is -1.27. The molecule has 0 aromatic carbocycles. The minimum absolute atomic E-state index is 0.0759. The van der Waals surface area contributed by atoms with Gasteiger partial charge in [0, 0.05) is 6.54 Å². The molecule has 1 amide bonds. The molecule has 8 nitrogen and oxygen atoms in total. The predicted octanol–water partition coefficient (Wildman–Crippen LogP) is 1.85. The van der Waals surface area contributed by atoms with E-state index in [9.17, 15) is 18.0 Å². The molecule has 3 N–H and O–H groups in total. The van der Waals surface area contributed by atoms with Crippen molar-refractivity contribution in [1.82, 2.24) is 10.0 Å². The fourth-order valence-corrected chi connectivity index (χ4v) is 3.26. The van der Waals surface area contributed by atoms with Gasteiger partial charge >= 0.3 is 12.1 Å². The first-order valence-corrected chi connectivity index (χ1v) is 9.81. The van der Waals surface area contributed by atoms with Gasteiger partial charge in [0.25, 0.3) is 0 Å². The number of carboxylic acid groups (broad SMARTS) is 1. The Labute approximate surface area is 144 Å². The molecule has 24 heavy (non-hydrogen) atoms. The molecular formula is C15H30N2O6S. The molecule has 0 saturated carbocycles. The van der Waals surface area contributed by atoms with Gasteiger partial charge in [0.05, 0.1) is 5.75 Å². The number of hydrogen-bond acceptors (Lipinski definition) is 5. The molecule has 0 aliphatic carbocycles. The molecule has 0 rings (SSSR count). The third kappa shape index (κ3) is 12.1. The van der Waals surface area contributed by atoms with E-state index in [-0.39, 0.29) is 12.2 Å². The normalized spacial score (nSPS) is 13.3. The zero-order valence-electron chi connectivity index (χ0n) is 14.9. The number of ether oxygens (including phenoxy) is 1. The van der Waals surface area contributed by atoms with Gasteiger partial charge in [0.1, 0.15) is 11.6 Å². The zero-order chi connectivity index (χ0) is 18.8. The maximum Gasteiger partial charge on any atom is 0.407 e. The summed E-state index contributed by atoms with van der Waals surface area (Å²) < 4.78 is 30.8. The Hall–Kier alpha value is -1.35. The molecule has 0 radical (unpaired) electrons. The highest BCUT2D eigenvalue weighted by molar-refractivity contribution is 7.89. The van der Waals surface area contributed by atoms with Gasteiger partial charge in [-0.25, -0.2) is 17.9 Å². The van der Waals surface area contributed by atoms with Gasteiger partial charge in [0.15, 0.2) is 0 Å². The second-order valence-corrected chi connectivity index (χ2v) is 8.48. The van der Waals surface area contributed by atoms with Crippen molar-refractivity contribution in [3.8, 4) is 0 Å². The lowest BCUT2D eigenvalue weighted by Crippen LogP contribution is -2.41. The van der Waals surface area contributed by atoms with Crippen molar-refractivity contribution in [3.05, 3.63) is 0 Å². The second kappa shape index (κ2) is 10.5. The van der Waals surface area contributed by atoms with E-state index in [0.29, 0.717) is 25.8 Å². The standard InChI is InChI=1S/C15H30N2O6S/c1-5-6-11-24(21,22)17-12(13(18)19)9-7-8-10-16-14(20)23-15(2,3)4/h12,17H,5-11H2,1-4H3,(H,16,20)(H,18,19)/t12-/m0/s1. The van der Waals surface area contributed by atoms with E-state index in [1.54, 1.807) is 20.8 Å². The van der Waals surface area contributed by atoms with Crippen LogP contribution in [-0.2, 0) is 19.6 Å². The Morgan fingerprint density at radius 1 is 1.17 bits per heavy atom. The lowest BCUT2D eigenvalue weighted by atomic mass is 10.1. The monoisotopic (exact) mass is 366 g/mol. The Balaban J connectivity index is 4.15. The Morgan fingerprint density at radius 2 is 1.79 bits per heavy atom. The van der Waals surface area contributed by atoms with E-state index in [4.69, 9.17) is 9.84 Å². The fraction of sp³-hybridized carbons (Fsp3) is 0.867. The van der Waals surface area contributed by atoms with Crippen LogP contribution in [0.1, 0.15) is 59.8 Å². The Bertz CT molecular complexity index is 499. The molecule has 0 aliphatic heterocycles. The van der Waals surface area contributed by atoms with Crippen LogP contribution in [0.15, 0.2) is 0 Å². The van der Waals surface area contributed by atoms with Gasteiger partial charge in [-0.1, -0.05) is 13.3 Å². The largest absolute Gasteiger partial charge is 0.480 e. The van der Waals surface area contributed by atoms with Gasteiger partial charge in [-0.15, -0.1) is 0 Å². The number of aliphatic carboxylic acids is 1. The summed E-state index contributed by atoms with van der Waals surface area (Å²) in [6.07, 6.45) is 1.83. The molecular weight excluding hydrogens is 336 g/mol. The number of carbonyl (C=O) groups is 2. The average Bonchev–Trinajstić information content (AvgIpc) is 2.41. The van der Waals surface area contributed by atoms with Gasteiger partial charge in [-0.3, -0.25) is 4.79 Å². The first kappa shape index (κ1) is 22.6. The Morgan fingerprint density at radius 3 is 2.29 bits per heavy atom. The summed E-state index contributed by atoms with van der Waals surface area (Å²) in [5.41, 5.74) is -0.574. The molecule has 0 heterocycles. The van der Waals surface area contributed by atoms with Crippen LogP contribution in [0.5, 0.6) is 0 Å². The van der Waals surface area contributed by atoms with E-state index >= 15 is 0 Å². The zero-order valence-corrected chi connectivity index (χ0v) is 15.7. The molecule has 0 aliphatic rings. The second-order valence-electron chi connectivity index (χ2n) is 6.61. The number of unbranched alkanes of at least 4 members (excludes halogenated alkanes) is 2. The van der Waals surface area contributed by atoms with Crippen LogP contribution in [0.4, 0.5) is 4.79 Å². The van der Waals surface area contributed by atoms with E-state index < -0.39 is 33.7 Å². The van der Waals surface area contributed by atoms with Crippen molar-refractivity contribution in [2.24, 2.45) is 0 Å². The summed E-state index contributed by atoms with van der Waals surface area (Å²) >= 11 is 0. The van der Waals surface area contributed by atoms with Crippen molar-refractivity contribution in [2.45, 2.75) is 71.4 Å². The van der Waals surface area contributed by atoms with E-state index in [1.807, 2.05) is 6.92 Å². The number of nitrogens with one attached hydrogen (secondary N) is 2.